The van der Waals surface area contributed by atoms with Crippen molar-refractivity contribution in [1.29, 1.82) is 0 Å². The summed E-state index contributed by atoms with van der Waals surface area (Å²) < 4.78 is 6.54. The molecule has 0 aromatic carbocycles. The fourth-order valence-electron chi connectivity index (χ4n) is 3.54. The normalized spacial score (nSPS) is 14.3. The van der Waals surface area contributed by atoms with E-state index in [1.807, 2.05) is 20.8 Å². The summed E-state index contributed by atoms with van der Waals surface area (Å²) in [6, 6.07) is 6.05. The van der Waals surface area contributed by atoms with E-state index in [4.69, 9.17) is 9.84 Å². The Morgan fingerprint density at radius 1 is 1.08 bits per heavy atom. The summed E-state index contributed by atoms with van der Waals surface area (Å²) in [5.74, 6) is -0.839. The van der Waals surface area contributed by atoms with Gasteiger partial charge in [-0.05, 0) is 58.4 Å². The predicted octanol–water partition coefficient (Wildman–Crippen LogP) is 3.08. The molecule has 3 amide bonds. The number of urea groups is 1. The second kappa shape index (κ2) is 12.0. The number of nitrogens with zero attached hydrogens (tertiary/aromatic N) is 5. The fraction of sp³-hybridized carbons (Fsp3) is 0.458. The summed E-state index contributed by atoms with van der Waals surface area (Å²) in [5.41, 5.74) is 1.08. The van der Waals surface area contributed by atoms with Crippen LogP contribution in [0.2, 0.25) is 0 Å². The number of piperazine rings is 1. The van der Waals surface area contributed by atoms with E-state index < -0.39 is 17.6 Å². The molecular formula is C24H32N6O5S. The van der Waals surface area contributed by atoms with Gasteiger partial charge in [0.1, 0.15) is 0 Å². The molecule has 1 saturated heterocycles. The number of hydrogen-bond donors (Lipinski definition) is 3. The standard InChI is InChI=1S/C24H32N6O5S/c1-24(2,3)27-22(33)30(36)19-8-9-20(26-16-19)35-23(34)29-13-11-28(12-14-29)10-4-5-18-7-6-17(15-25-18)21(31)32/h6-9,15-16,36H,4-5,10-14H2,1-3H3,(H,27,33)(H,31,32). The molecule has 3 heterocycles. The Kier molecular flexibility index (Phi) is 9.10. The van der Waals surface area contributed by atoms with E-state index in [1.54, 1.807) is 23.1 Å². The highest BCUT2D eigenvalue weighted by Crippen LogP contribution is 2.19. The molecule has 0 aliphatic carbocycles. The fourth-order valence-corrected chi connectivity index (χ4v) is 3.71. The van der Waals surface area contributed by atoms with Crippen molar-refractivity contribution >= 4 is 36.6 Å². The van der Waals surface area contributed by atoms with Crippen LogP contribution in [0.5, 0.6) is 5.88 Å². The van der Waals surface area contributed by atoms with Gasteiger partial charge in [0.15, 0.2) is 0 Å². The van der Waals surface area contributed by atoms with Crippen LogP contribution < -0.4 is 14.4 Å². The molecule has 0 bridgehead atoms. The number of aromatic nitrogens is 2. The zero-order valence-corrected chi connectivity index (χ0v) is 21.6. The summed E-state index contributed by atoms with van der Waals surface area (Å²) in [6.45, 7) is 9.00. The number of amides is 3. The topological polar surface area (TPSA) is 128 Å². The maximum Gasteiger partial charge on any atom is 0.416 e. The maximum absolute atomic E-state index is 12.5. The summed E-state index contributed by atoms with van der Waals surface area (Å²) in [4.78, 5) is 47.9. The first-order valence-electron chi connectivity index (χ1n) is 11.7. The van der Waals surface area contributed by atoms with Crippen molar-refractivity contribution in [3.05, 3.63) is 47.9 Å². The Labute approximate surface area is 216 Å². The second-order valence-electron chi connectivity index (χ2n) is 9.49. The van der Waals surface area contributed by atoms with Crippen molar-refractivity contribution in [2.45, 2.75) is 39.2 Å². The number of thiol groups is 1. The summed E-state index contributed by atoms with van der Waals surface area (Å²) in [5, 5.41) is 11.7. The molecule has 3 rings (SSSR count). The van der Waals surface area contributed by atoms with Gasteiger partial charge in [0.2, 0.25) is 5.88 Å². The second-order valence-corrected chi connectivity index (χ2v) is 9.89. The number of nitrogens with one attached hydrogen (secondary N) is 1. The molecule has 0 unspecified atom stereocenters. The van der Waals surface area contributed by atoms with Gasteiger partial charge in [-0.3, -0.25) is 9.88 Å². The molecule has 2 aromatic heterocycles. The first-order chi connectivity index (χ1) is 17.0. The van der Waals surface area contributed by atoms with Crippen LogP contribution >= 0.6 is 12.8 Å². The third kappa shape index (κ3) is 8.09. The maximum atomic E-state index is 12.5. The molecule has 11 nitrogen and oxygen atoms in total. The van der Waals surface area contributed by atoms with Crippen LogP contribution in [0.1, 0.15) is 43.2 Å². The van der Waals surface area contributed by atoms with Gasteiger partial charge in [0.25, 0.3) is 0 Å². The average molecular weight is 517 g/mol. The zero-order chi connectivity index (χ0) is 26.3. The number of anilines is 1. The van der Waals surface area contributed by atoms with E-state index in [2.05, 4.69) is 33.0 Å². The van der Waals surface area contributed by atoms with E-state index in [-0.39, 0.29) is 17.5 Å². The predicted molar refractivity (Wildman–Crippen MR) is 138 cm³/mol. The van der Waals surface area contributed by atoms with Gasteiger partial charge in [-0.15, -0.1) is 0 Å². The first-order valence-corrected chi connectivity index (χ1v) is 12.1. The Bertz CT molecular complexity index is 1050. The quantitative estimate of drug-likeness (QED) is 0.479. The van der Waals surface area contributed by atoms with E-state index in [1.165, 1.54) is 18.5 Å². The van der Waals surface area contributed by atoms with Crippen LogP contribution in [0.15, 0.2) is 36.7 Å². The van der Waals surface area contributed by atoms with Crippen molar-refractivity contribution in [2.75, 3.05) is 37.0 Å². The number of carboxylic acids is 1. The van der Waals surface area contributed by atoms with E-state index >= 15 is 0 Å². The van der Waals surface area contributed by atoms with Crippen LogP contribution in [-0.2, 0) is 6.42 Å². The van der Waals surface area contributed by atoms with Crippen LogP contribution in [0.3, 0.4) is 0 Å². The van der Waals surface area contributed by atoms with Crippen molar-refractivity contribution in [3.63, 3.8) is 0 Å². The van der Waals surface area contributed by atoms with E-state index in [0.29, 0.717) is 18.8 Å². The minimum Gasteiger partial charge on any atom is -0.478 e. The molecule has 36 heavy (non-hydrogen) atoms. The number of carbonyl (C=O) groups is 3. The molecule has 0 atom stereocenters. The number of carbonyl (C=O) groups excluding carboxylic acids is 2. The third-order valence-electron chi connectivity index (χ3n) is 5.44. The molecule has 1 aliphatic rings. The molecule has 0 saturated carbocycles. The number of rotatable bonds is 7. The molecule has 12 heteroatoms. The monoisotopic (exact) mass is 516 g/mol. The number of aromatic carboxylic acids is 1. The third-order valence-corrected chi connectivity index (χ3v) is 5.85. The lowest BCUT2D eigenvalue weighted by Gasteiger charge is -2.33. The largest absolute Gasteiger partial charge is 0.478 e. The lowest BCUT2D eigenvalue weighted by Crippen LogP contribution is -2.49. The molecular weight excluding hydrogens is 484 g/mol. The van der Waals surface area contributed by atoms with Gasteiger partial charge in [0.05, 0.1) is 17.4 Å². The SMILES string of the molecule is CC(C)(C)NC(=O)N(S)c1ccc(OC(=O)N2CCN(CCCc3ccc(C(=O)O)cn3)CC2)nc1. The van der Waals surface area contributed by atoms with Crippen LogP contribution in [-0.4, -0.2) is 81.2 Å². The van der Waals surface area contributed by atoms with Gasteiger partial charge in [-0.1, -0.05) is 12.8 Å². The highest BCUT2D eigenvalue weighted by Gasteiger charge is 2.23. The summed E-state index contributed by atoms with van der Waals surface area (Å²) >= 11 is 4.21. The molecule has 1 fully saturated rings. The smallest absolute Gasteiger partial charge is 0.416 e. The first kappa shape index (κ1) is 27.2. The van der Waals surface area contributed by atoms with Gasteiger partial charge in [-0.25, -0.2) is 23.7 Å². The van der Waals surface area contributed by atoms with Crippen LogP contribution in [0.4, 0.5) is 15.3 Å². The van der Waals surface area contributed by atoms with E-state index in [9.17, 15) is 14.4 Å². The van der Waals surface area contributed by atoms with Crippen LogP contribution in [0, 0.1) is 0 Å². The van der Waals surface area contributed by atoms with Gasteiger partial charge in [0, 0.05) is 49.7 Å². The minimum atomic E-state index is -0.983. The van der Waals surface area contributed by atoms with Gasteiger partial charge < -0.3 is 20.1 Å². The Morgan fingerprint density at radius 3 is 2.36 bits per heavy atom. The van der Waals surface area contributed by atoms with E-state index in [0.717, 1.165) is 42.5 Å². The van der Waals surface area contributed by atoms with Crippen molar-refractivity contribution in [3.8, 4) is 5.88 Å². The van der Waals surface area contributed by atoms with Crippen LogP contribution in [0.25, 0.3) is 0 Å². The van der Waals surface area contributed by atoms with Crippen molar-refractivity contribution in [2.24, 2.45) is 0 Å². The lowest BCUT2D eigenvalue weighted by atomic mass is 10.1. The van der Waals surface area contributed by atoms with Crippen molar-refractivity contribution < 1.29 is 24.2 Å². The number of hydrogen-bond acceptors (Lipinski definition) is 8. The lowest BCUT2D eigenvalue weighted by molar-refractivity contribution is 0.0696. The molecule has 0 spiro atoms. The molecule has 2 N–H and O–H groups in total. The number of aryl methyl sites for hydroxylation is 1. The number of carboxylic acid groups (broad SMARTS) is 1. The minimum absolute atomic E-state index is 0.144. The summed E-state index contributed by atoms with van der Waals surface area (Å²) in [7, 11) is 0. The highest BCUT2D eigenvalue weighted by molar-refractivity contribution is 7.82. The number of pyridine rings is 2. The number of ether oxygens (including phenoxy) is 1. The Morgan fingerprint density at radius 2 is 1.81 bits per heavy atom. The molecule has 2 aromatic rings. The molecule has 194 valence electrons. The molecule has 1 aliphatic heterocycles. The Hall–Kier alpha value is -3.38. The highest BCUT2D eigenvalue weighted by atomic mass is 32.1. The van der Waals surface area contributed by atoms with Crippen molar-refractivity contribution in [1.82, 2.24) is 25.1 Å². The average Bonchev–Trinajstić information content (AvgIpc) is 2.83. The Balaban J connectivity index is 1.39. The zero-order valence-electron chi connectivity index (χ0n) is 20.7. The van der Waals surface area contributed by atoms with Gasteiger partial charge >= 0.3 is 18.1 Å². The van der Waals surface area contributed by atoms with Gasteiger partial charge in [-0.2, -0.15) is 0 Å². The molecule has 0 radical (unpaired) electrons. The summed E-state index contributed by atoms with van der Waals surface area (Å²) in [6.07, 6.45) is 3.97.